The Morgan fingerprint density at radius 3 is 2.54 bits per heavy atom. The number of hydrogen-bond acceptors (Lipinski definition) is 6. The molecule has 74 valence electrons. The number of nitrogens with zero attached hydrogens (tertiary/aromatic N) is 3. The standard InChI is InChI=1S/C7H15N5O/c1-4-13-12-6(9)10-5(8)11-7(12,2)3/h4H2,1-3H3,(H4,8,9,10,11). The molecule has 0 saturated carbocycles. The van der Waals surface area contributed by atoms with Crippen molar-refractivity contribution in [1.82, 2.24) is 5.06 Å². The molecule has 0 bridgehead atoms. The molecule has 0 aromatic heterocycles. The fraction of sp³-hybridized carbons (Fsp3) is 0.714. The summed E-state index contributed by atoms with van der Waals surface area (Å²) in [5.41, 5.74) is 10.5. The molecule has 4 N–H and O–H groups in total. The van der Waals surface area contributed by atoms with E-state index in [0.717, 1.165) is 0 Å². The van der Waals surface area contributed by atoms with Crippen LogP contribution in [-0.4, -0.2) is 29.3 Å². The highest BCUT2D eigenvalue weighted by molar-refractivity contribution is 5.95. The van der Waals surface area contributed by atoms with Crippen LogP contribution in [-0.2, 0) is 4.84 Å². The zero-order valence-corrected chi connectivity index (χ0v) is 8.11. The summed E-state index contributed by atoms with van der Waals surface area (Å²) in [6.45, 7) is 6.06. The minimum Gasteiger partial charge on any atom is -0.368 e. The van der Waals surface area contributed by atoms with E-state index >= 15 is 0 Å². The van der Waals surface area contributed by atoms with Gasteiger partial charge in [0.2, 0.25) is 11.9 Å². The Kier molecular flexibility index (Phi) is 2.42. The average Bonchev–Trinajstić information content (AvgIpc) is 1.95. The van der Waals surface area contributed by atoms with Crippen molar-refractivity contribution < 1.29 is 4.84 Å². The van der Waals surface area contributed by atoms with Gasteiger partial charge in [0.1, 0.15) is 0 Å². The highest BCUT2D eigenvalue weighted by Gasteiger charge is 2.32. The van der Waals surface area contributed by atoms with Gasteiger partial charge in [0, 0.05) is 0 Å². The van der Waals surface area contributed by atoms with E-state index in [1.807, 2.05) is 20.8 Å². The molecule has 0 spiro atoms. The van der Waals surface area contributed by atoms with Gasteiger partial charge in [0.25, 0.3) is 0 Å². The summed E-state index contributed by atoms with van der Waals surface area (Å²) in [6, 6.07) is 0. The van der Waals surface area contributed by atoms with E-state index < -0.39 is 5.66 Å². The lowest BCUT2D eigenvalue weighted by atomic mass is 10.2. The zero-order valence-electron chi connectivity index (χ0n) is 8.11. The van der Waals surface area contributed by atoms with Crippen LogP contribution in [0.25, 0.3) is 0 Å². The largest absolute Gasteiger partial charge is 0.368 e. The Morgan fingerprint density at radius 2 is 2.08 bits per heavy atom. The quantitative estimate of drug-likeness (QED) is 0.613. The second-order valence-electron chi connectivity index (χ2n) is 3.15. The van der Waals surface area contributed by atoms with Crippen LogP contribution in [0.15, 0.2) is 9.98 Å². The predicted octanol–water partition coefficient (Wildman–Crippen LogP) is -0.381. The number of aliphatic imine (C=N–C) groups is 2. The first-order chi connectivity index (χ1) is 5.97. The molecular formula is C7H15N5O. The van der Waals surface area contributed by atoms with Gasteiger partial charge in [-0.3, -0.25) is 4.84 Å². The molecule has 6 nitrogen and oxygen atoms in total. The van der Waals surface area contributed by atoms with E-state index in [0.29, 0.717) is 6.61 Å². The van der Waals surface area contributed by atoms with Crippen LogP contribution >= 0.6 is 0 Å². The summed E-state index contributed by atoms with van der Waals surface area (Å²) >= 11 is 0. The molecule has 0 fully saturated rings. The molecular weight excluding hydrogens is 170 g/mol. The molecule has 1 aliphatic heterocycles. The van der Waals surface area contributed by atoms with E-state index in [-0.39, 0.29) is 11.9 Å². The monoisotopic (exact) mass is 185 g/mol. The van der Waals surface area contributed by atoms with Gasteiger partial charge in [-0.15, -0.1) is 0 Å². The summed E-state index contributed by atoms with van der Waals surface area (Å²) < 4.78 is 0. The van der Waals surface area contributed by atoms with Crippen LogP contribution in [0.5, 0.6) is 0 Å². The van der Waals surface area contributed by atoms with Crippen LogP contribution in [0.4, 0.5) is 0 Å². The summed E-state index contributed by atoms with van der Waals surface area (Å²) in [6.07, 6.45) is 0. The Morgan fingerprint density at radius 1 is 1.46 bits per heavy atom. The average molecular weight is 185 g/mol. The first-order valence-corrected chi connectivity index (χ1v) is 4.10. The highest BCUT2D eigenvalue weighted by atomic mass is 16.7. The van der Waals surface area contributed by atoms with Crippen LogP contribution in [0.1, 0.15) is 20.8 Å². The lowest BCUT2D eigenvalue weighted by Crippen LogP contribution is -2.53. The third-order valence-corrected chi connectivity index (χ3v) is 1.58. The smallest absolute Gasteiger partial charge is 0.226 e. The highest BCUT2D eigenvalue weighted by Crippen LogP contribution is 2.19. The number of hydroxylamine groups is 2. The van der Waals surface area contributed by atoms with Gasteiger partial charge in [-0.1, -0.05) is 0 Å². The van der Waals surface area contributed by atoms with Crippen molar-refractivity contribution in [2.75, 3.05) is 6.61 Å². The summed E-state index contributed by atoms with van der Waals surface area (Å²) in [5, 5.41) is 1.45. The van der Waals surface area contributed by atoms with E-state index in [2.05, 4.69) is 9.98 Å². The van der Waals surface area contributed by atoms with Crippen molar-refractivity contribution >= 4 is 11.9 Å². The summed E-state index contributed by atoms with van der Waals surface area (Å²) in [7, 11) is 0. The minimum atomic E-state index is -0.591. The number of guanidine groups is 2. The van der Waals surface area contributed by atoms with E-state index in [4.69, 9.17) is 16.3 Å². The van der Waals surface area contributed by atoms with Crippen molar-refractivity contribution in [3.05, 3.63) is 0 Å². The van der Waals surface area contributed by atoms with Gasteiger partial charge in [0.05, 0.1) is 6.61 Å². The Bertz CT molecular complexity index is 258. The third-order valence-electron chi connectivity index (χ3n) is 1.58. The summed E-state index contributed by atoms with van der Waals surface area (Å²) in [5.74, 6) is 0.415. The molecule has 0 atom stereocenters. The van der Waals surface area contributed by atoms with Crippen molar-refractivity contribution in [3.63, 3.8) is 0 Å². The number of nitrogens with two attached hydrogens (primary N) is 2. The van der Waals surface area contributed by atoms with Crippen LogP contribution in [0.2, 0.25) is 0 Å². The molecule has 1 rings (SSSR count). The van der Waals surface area contributed by atoms with E-state index in [1.54, 1.807) is 0 Å². The van der Waals surface area contributed by atoms with Gasteiger partial charge in [-0.05, 0) is 20.8 Å². The molecule has 13 heavy (non-hydrogen) atoms. The van der Waals surface area contributed by atoms with Gasteiger partial charge in [0.15, 0.2) is 5.66 Å². The van der Waals surface area contributed by atoms with Gasteiger partial charge in [-0.2, -0.15) is 10.1 Å². The van der Waals surface area contributed by atoms with Crippen molar-refractivity contribution in [2.24, 2.45) is 21.5 Å². The first kappa shape index (κ1) is 9.79. The topological polar surface area (TPSA) is 89.2 Å². The van der Waals surface area contributed by atoms with Crippen LogP contribution in [0, 0.1) is 0 Å². The van der Waals surface area contributed by atoms with Crippen molar-refractivity contribution in [3.8, 4) is 0 Å². The second kappa shape index (κ2) is 3.21. The SMILES string of the molecule is CCON1C(N)=NC(N)=NC1(C)C. The fourth-order valence-electron chi connectivity index (χ4n) is 1.15. The normalized spacial score (nSPS) is 21.0. The Hall–Kier alpha value is -1.30. The number of rotatable bonds is 2. The first-order valence-electron chi connectivity index (χ1n) is 4.10. The molecule has 1 heterocycles. The van der Waals surface area contributed by atoms with Gasteiger partial charge < -0.3 is 11.5 Å². The lowest BCUT2D eigenvalue weighted by molar-refractivity contribution is -0.152. The zero-order chi connectivity index (χ0) is 10.1. The fourth-order valence-corrected chi connectivity index (χ4v) is 1.15. The molecule has 0 amide bonds. The Labute approximate surface area is 77.2 Å². The van der Waals surface area contributed by atoms with E-state index in [1.165, 1.54) is 5.06 Å². The molecule has 0 aromatic rings. The van der Waals surface area contributed by atoms with Gasteiger partial charge in [-0.25, -0.2) is 4.99 Å². The molecule has 0 aromatic carbocycles. The molecule has 6 heteroatoms. The number of hydrogen-bond donors (Lipinski definition) is 2. The maximum Gasteiger partial charge on any atom is 0.226 e. The van der Waals surface area contributed by atoms with Crippen LogP contribution in [0.3, 0.4) is 0 Å². The molecule has 1 aliphatic rings. The van der Waals surface area contributed by atoms with Gasteiger partial charge >= 0.3 is 0 Å². The maximum absolute atomic E-state index is 5.62. The van der Waals surface area contributed by atoms with Crippen LogP contribution < -0.4 is 11.5 Å². The molecule has 0 radical (unpaired) electrons. The molecule has 0 unspecified atom stereocenters. The van der Waals surface area contributed by atoms with Crippen molar-refractivity contribution in [1.29, 1.82) is 0 Å². The lowest BCUT2D eigenvalue weighted by Gasteiger charge is -2.36. The minimum absolute atomic E-state index is 0.179. The maximum atomic E-state index is 5.62. The molecule has 0 aliphatic carbocycles. The third kappa shape index (κ3) is 1.89. The Balaban J connectivity index is 2.91. The summed E-state index contributed by atoms with van der Waals surface area (Å²) in [4.78, 5) is 13.2. The second-order valence-corrected chi connectivity index (χ2v) is 3.15. The molecule has 0 saturated heterocycles. The van der Waals surface area contributed by atoms with Crippen molar-refractivity contribution in [2.45, 2.75) is 26.4 Å². The van der Waals surface area contributed by atoms with E-state index in [9.17, 15) is 0 Å². The predicted molar refractivity (Wildman–Crippen MR) is 50.8 cm³/mol.